The van der Waals surface area contributed by atoms with E-state index in [-0.39, 0.29) is 12.0 Å². The maximum atomic E-state index is 12.1. The van der Waals surface area contributed by atoms with Crippen LogP contribution in [0.15, 0.2) is 30.3 Å². The van der Waals surface area contributed by atoms with Crippen molar-refractivity contribution in [3.8, 4) is 0 Å². The van der Waals surface area contributed by atoms with Crippen LogP contribution in [-0.4, -0.2) is 12.7 Å². The third kappa shape index (κ3) is 4.23. The van der Waals surface area contributed by atoms with E-state index in [1.165, 1.54) is 0 Å². The minimum absolute atomic E-state index is 0.116. The quantitative estimate of drug-likeness (QED) is 0.835. The van der Waals surface area contributed by atoms with Gasteiger partial charge < -0.3 is 5.32 Å². The molecule has 0 aliphatic rings. The molecule has 1 unspecified atom stereocenters. The number of hydrogen-bond donors (Lipinski definition) is 1. The summed E-state index contributed by atoms with van der Waals surface area (Å²) in [5.41, 5.74) is 0.891. The fourth-order valence-corrected chi connectivity index (χ4v) is 1.62. The van der Waals surface area contributed by atoms with E-state index in [1.54, 1.807) is 0 Å². The van der Waals surface area contributed by atoms with Crippen molar-refractivity contribution in [2.24, 2.45) is 5.92 Å². The molecule has 0 saturated heterocycles. The molecule has 16 heavy (non-hydrogen) atoms. The molecule has 1 atom stereocenters. The first kappa shape index (κ1) is 13.0. The van der Waals surface area contributed by atoms with Crippen molar-refractivity contribution in [2.75, 3.05) is 6.54 Å². The van der Waals surface area contributed by atoms with Crippen molar-refractivity contribution in [3.63, 3.8) is 0 Å². The average molecular weight is 231 g/mol. The van der Waals surface area contributed by atoms with Crippen LogP contribution in [0, 0.1) is 5.92 Å². The van der Waals surface area contributed by atoms with Gasteiger partial charge in [0, 0.05) is 6.04 Å². The Labute approximate surface area is 93.7 Å². The second kappa shape index (κ2) is 5.34. The second-order valence-corrected chi connectivity index (χ2v) is 4.13. The van der Waals surface area contributed by atoms with E-state index in [2.05, 4.69) is 5.32 Å². The molecule has 1 N–H and O–H groups in total. The Kier molecular flexibility index (Phi) is 4.35. The first-order valence-corrected chi connectivity index (χ1v) is 5.25. The zero-order chi connectivity index (χ0) is 12.2. The first-order valence-electron chi connectivity index (χ1n) is 5.25. The lowest BCUT2D eigenvalue weighted by atomic mass is 9.96. The minimum Gasteiger partial charge on any atom is -0.302 e. The van der Waals surface area contributed by atoms with Gasteiger partial charge in [0.25, 0.3) is 0 Å². The molecule has 0 aliphatic heterocycles. The molecule has 0 aliphatic carbocycles. The number of nitrogens with one attached hydrogen (secondary N) is 1. The third-order valence-corrected chi connectivity index (χ3v) is 2.35. The average Bonchev–Trinajstić information content (AvgIpc) is 2.17. The summed E-state index contributed by atoms with van der Waals surface area (Å²) in [4.78, 5) is 0. The summed E-state index contributed by atoms with van der Waals surface area (Å²) in [5, 5.41) is 2.55. The van der Waals surface area contributed by atoms with E-state index in [1.807, 2.05) is 44.2 Å². The summed E-state index contributed by atoms with van der Waals surface area (Å²) < 4.78 is 36.4. The Morgan fingerprint density at radius 3 is 2.12 bits per heavy atom. The van der Waals surface area contributed by atoms with Gasteiger partial charge in [-0.1, -0.05) is 44.2 Å². The van der Waals surface area contributed by atoms with Crippen LogP contribution in [0.25, 0.3) is 0 Å². The SMILES string of the molecule is CC(C)C(NCC(F)(F)F)c1ccccc1. The molecular weight excluding hydrogens is 215 g/mol. The minimum atomic E-state index is -4.16. The number of alkyl halides is 3. The smallest absolute Gasteiger partial charge is 0.302 e. The van der Waals surface area contributed by atoms with E-state index >= 15 is 0 Å². The van der Waals surface area contributed by atoms with Crippen LogP contribution in [-0.2, 0) is 0 Å². The Bertz CT molecular complexity index is 306. The van der Waals surface area contributed by atoms with E-state index in [4.69, 9.17) is 0 Å². The maximum absolute atomic E-state index is 12.1. The van der Waals surface area contributed by atoms with Crippen molar-refractivity contribution >= 4 is 0 Å². The predicted molar refractivity (Wildman–Crippen MR) is 58.1 cm³/mol. The van der Waals surface area contributed by atoms with Crippen LogP contribution in [0.3, 0.4) is 0 Å². The third-order valence-electron chi connectivity index (χ3n) is 2.35. The summed E-state index contributed by atoms with van der Waals surface area (Å²) in [6, 6.07) is 8.94. The first-order chi connectivity index (χ1) is 7.40. The van der Waals surface area contributed by atoms with E-state index in [9.17, 15) is 13.2 Å². The van der Waals surface area contributed by atoms with Crippen molar-refractivity contribution in [3.05, 3.63) is 35.9 Å². The van der Waals surface area contributed by atoms with Crippen LogP contribution in [0.1, 0.15) is 25.5 Å². The van der Waals surface area contributed by atoms with Gasteiger partial charge in [0.1, 0.15) is 0 Å². The van der Waals surface area contributed by atoms with Gasteiger partial charge in [-0.05, 0) is 11.5 Å². The number of rotatable bonds is 4. The maximum Gasteiger partial charge on any atom is 0.401 e. The molecule has 0 amide bonds. The Balaban J connectivity index is 2.70. The van der Waals surface area contributed by atoms with Crippen molar-refractivity contribution < 1.29 is 13.2 Å². The molecule has 0 saturated carbocycles. The summed E-state index contributed by atoms with van der Waals surface area (Å²) in [6.07, 6.45) is -4.16. The number of benzene rings is 1. The molecule has 0 radical (unpaired) electrons. The summed E-state index contributed by atoms with van der Waals surface area (Å²) in [5.74, 6) is 0.116. The molecule has 90 valence electrons. The van der Waals surface area contributed by atoms with Gasteiger partial charge >= 0.3 is 6.18 Å². The van der Waals surface area contributed by atoms with Crippen LogP contribution in [0.4, 0.5) is 13.2 Å². The standard InChI is InChI=1S/C12H16F3N/c1-9(2)11(16-8-12(13,14)15)10-6-4-3-5-7-10/h3-7,9,11,16H,8H2,1-2H3. The van der Waals surface area contributed by atoms with E-state index < -0.39 is 12.7 Å². The zero-order valence-electron chi connectivity index (χ0n) is 9.38. The van der Waals surface area contributed by atoms with Gasteiger partial charge in [-0.3, -0.25) is 0 Å². The van der Waals surface area contributed by atoms with E-state index in [0.29, 0.717) is 0 Å². The van der Waals surface area contributed by atoms with Gasteiger partial charge in [-0.25, -0.2) is 0 Å². The number of hydrogen-bond acceptors (Lipinski definition) is 1. The van der Waals surface area contributed by atoms with Crippen molar-refractivity contribution in [2.45, 2.75) is 26.1 Å². The van der Waals surface area contributed by atoms with Crippen molar-refractivity contribution in [1.29, 1.82) is 0 Å². The van der Waals surface area contributed by atoms with Gasteiger partial charge in [0.15, 0.2) is 0 Å². The molecule has 0 spiro atoms. The highest BCUT2D eigenvalue weighted by atomic mass is 19.4. The van der Waals surface area contributed by atoms with Gasteiger partial charge in [-0.15, -0.1) is 0 Å². The molecule has 0 fully saturated rings. The summed E-state index contributed by atoms with van der Waals surface area (Å²) in [6.45, 7) is 2.85. The molecule has 0 heterocycles. The highest BCUT2D eigenvalue weighted by Crippen LogP contribution is 2.23. The van der Waals surface area contributed by atoms with Crippen LogP contribution in [0.5, 0.6) is 0 Å². The number of halogens is 3. The molecule has 0 aromatic heterocycles. The lowest BCUT2D eigenvalue weighted by Crippen LogP contribution is -2.34. The second-order valence-electron chi connectivity index (χ2n) is 4.13. The van der Waals surface area contributed by atoms with Gasteiger partial charge in [0.2, 0.25) is 0 Å². The highest BCUT2D eigenvalue weighted by molar-refractivity contribution is 5.19. The Morgan fingerprint density at radius 2 is 1.69 bits per heavy atom. The van der Waals surface area contributed by atoms with E-state index in [0.717, 1.165) is 5.56 Å². The normalized spacial score (nSPS) is 14.1. The fraction of sp³-hybridized carbons (Fsp3) is 0.500. The Morgan fingerprint density at radius 1 is 1.12 bits per heavy atom. The molecule has 0 bridgehead atoms. The predicted octanol–water partition coefficient (Wildman–Crippen LogP) is 3.54. The highest BCUT2D eigenvalue weighted by Gasteiger charge is 2.29. The van der Waals surface area contributed by atoms with Gasteiger partial charge in [-0.2, -0.15) is 13.2 Å². The molecule has 1 aromatic carbocycles. The lowest BCUT2D eigenvalue weighted by Gasteiger charge is -2.23. The van der Waals surface area contributed by atoms with Gasteiger partial charge in [0.05, 0.1) is 6.54 Å². The molecule has 1 nitrogen and oxygen atoms in total. The van der Waals surface area contributed by atoms with Crippen LogP contribution < -0.4 is 5.32 Å². The molecule has 1 aromatic rings. The van der Waals surface area contributed by atoms with Crippen LogP contribution >= 0.6 is 0 Å². The van der Waals surface area contributed by atoms with Crippen molar-refractivity contribution in [1.82, 2.24) is 5.32 Å². The lowest BCUT2D eigenvalue weighted by molar-refractivity contribution is -0.126. The molecule has 4 heteroatoms. The summed E-state index contributed by atoms with van der Waals surface area (Å²) >= 11 is 0. The molecular formula is C12H16F3N. The monoisotopic (exact) mass is 231 g/mol. The fourth-order valence-electron chi connectivity index (χ4n) is 1.62. The van der Waals surface area contributed by atoms with Crippen LogP contribution in [0.2, 0.25) is 0 Å². The Hall–Kier alpha value is -1.03. The molecule has 1 rings (SSSR count). The zero-order valence-corrected chi connectivity index (χ0v) is 9.38. The summed E-state index contributed by atoms with van der Waals surface area (Å²) in [7, 11) is 0. The topological polar surface area (TPSA) is 12.0 Å². The largest absolute Gasteiger partial charge is 0.401 e.